The van der Waals surface area contributed by atoms with Crippen LogP contribution in [0.4, 0.5) is 0 Å². The van der Waals surface area contributed by atoms with Gasteiger partial charge in [-0.25, -0.2) is 0 Å². The van der Waals surface area contributed by atoms with Crippen LogP contribution in [-0.4, -0.2) is 36.4 Å². The second-order valence-corrected chi connectivity index (χ2v) is 4.09. The summed E-state index contributed by atoms with van der Waals surface area (Å²) in [6.45, 7) is 9.47. The van der Waals surface area contributed by atoms with Crippen LogP contribution in [0.5, 0.6) is 0 Å². The van der Waals surface area contributed by atoms with Crippen LogP contribution >= 0.6 is 24.0 Å². The normalized spacial score (nSPS) is 11.9. The molecule has 5 nitrogen and oxygen atoms in total. The van der Waals surface area contributed by atoms with Crippen molar-refractivity contribution in [2.75, 3.05) is 19.6 Å². The number of carbonyl (C=O) groups is 1. The van der Waals surface area contributed by atoms with Crippen LogP contribution in [-0.2, 0) is 4.79 Å². The number of amides is 1. The number of primary amides is 1. The molecule has 0 heterocycles. The van der Waals surface area contributed by atoms with Gasteiger partial charge in [-0.15, -0.1) is 24.0 Å². The summed E-state index contributed by atoms with van der Waals surface area (Å²) in [7, 11) is 0. The first kappa shape index (κ1) is 17.9. The molecule has 4 N–H and O–H groups in total. The van der Waals surface area contributed by atoms with E-state index in [0.29, 0.717) is 12.5 Å². The molecule has 0 aromatic rings. The average molecular weight is 342 g/mol. The second kappa shape index (κ2) is 7.70. The van der Waals surface area contributed by atoms with E-state index in [1.807, 2.05) is 18.7 Å². The molecule has 0 bridgehead atoms. The van der Waals surface area contributed by atoms with E-state index in [2.05, 4.69) is 4.99 Å². The van der Waals surface area contributed by atoms with E-state index < -0.39 is 5.41 Å². The number of guanidine groups is 1. The van der Waals surface area contributed by atoms with Crippen molar-refractivity contribution in [3.8, 4) is 0 Å². The fourth-order valence-corrected chi connectivity index (χ4v) is 1.00. The molecule has 0 saturated carbocycles. The van der Waals surface area contributed by atoms with Gasteiger partial charge in [0.15, 0.2) is 5.96 Å². The molecular formula is C10H23IN4O. The minimum absolute atomic E-state index is 0. The molecule has 0 aliphatic carbocycles. The molecule has 0 fully saturated rings. The first-order chi connectivity index (χ1) is 6.85. The summed E-state index contributed by atoms with van der Waals surface area (Å²) in [6.07, 6.45) is 0. The van der Waals surface area contributed by atoms with Gasteiger partial charge in [-0.2, -0.15) is 0 Å². The molecule has 0 aromatic carbocycles. The molecular weight excluding hydrogens is 319 g/mol. The summed E-state index contributed by atoms with van der Waals surface area (Å²) in [4.78, 5) is 17.1. The largest absolute Gasteiger partial charge is 0.370 e. The summed E-state index contributed by atoms with van der Waals surface area (Å²) in [5.74, 6) is 0.105. The Balaban J connectivity index is 0. The quantitative estimate of drug-likeness (QED) is 0.440. The molecule has 6 heteroatoms. The number of aliphatic imine (C=N–C) groups is 1. The molecule has 16 heavy (non-hydrogen) atoms. The maximum atomic E-state index is 11.0. The van der Waals surface area contributed by atoms with Gasteiger partial charge < -0.3 is 16.4 Å². The van der Waals surface area contributed by atoms with Crippen LogP contribution in [0.2, 0.25) is 0 Å². The molecule has 0 spiro atoms. The zero-order valence-electron chi connectivity index (χ0n) is 10.5. The first-order valence-electron chi connectivity index (χ1n) is 5.20. The highest BCUT2D eigenvalue weighted by atomic mass is 127. The van der Waals surface area contributed by atoms with Gasteiger partial charge in [0.2, 0.25) is 5.91 Å². The lowest BCUT2D eigenvalue weighted by Gasteiger charge is -2.22. The SMILES string of the molecule is CCN(CC)C(N)=NCC(C)(C)C(N)=O.I. The Morgan fingerprint density at radius 1 is 1.25 bits per heavy atom. The Morgan fingerprint density at radius 2 is 1.69 bits per heavy atom. The third kappa shape index (κ3) is 5.53. The number of nitrogens with two attached hydrogens (primary N) is 2. The van der Waals surface area contributed by atoms with Gasteiger partial charge in [0, 0.05) is 13.1 Å². The molecule has 0 aromatic heterocycles. The summed E-state index contributed by atoms with van der Waals surface area (Å²) in [6, 6.07) is 0. The zero-order chi connectivity index (χ0) is 12.1. The van der Waals surface area contributed by atoms with E-state index in [1.165, 1.54) is 0 Å². The molecule has 0 radical (unpaired) electrons. The highest BCUT2D eigenvalue weighted by Gasteiger charge is 2.24. The van der Waals surface area contributed by atoms with E-state index in [1.54, 1.807) is 13.8 Å². The van der Waals surface area contributed by atoms with E-state index in [-0.39, 0.29) is 29.9 Å². The van der Waals surface area contributed by atoms with Gasteiger partial charge in [0.05, 0.1) is 12.0 Å². The third-order valence-electron chi connectivity index (χ3n) is 2.39. The summed E-state index contributed by atoms with van der Waals surface area (Å²) in [5.41, 5.74) is 10.4. The van der Waals surface area contributed by atoms with Gasteiger partial charge in [0.25, 0.3) is 0 Å². The van der Waals surface area contributed by atoms with Crippen molar-refractivity contribution < 1.29 is 4.79 Å². The fraction of sp³-hybridized carbons (Fsp3) is 0.800. The lowest BCUT2D eigenvalue weighted by atomic mass is 9.93. The minimum Gasteiger partial charge on any atom is -0.370 e. The lowest BCUT2D eigenvalue weighted by Crippen LogP contribution is -2.39. The standard InChI is InChI=1S/C10H22N4O.HI/c1-5-14(6-2)9(12)13-7-10(3,4)8(11)15;/h5-7H2,1-4H3,(H2,11,15)(H2,12,13);1H. The Morgan fingerprint density at radius 3 is 2.00 bits per heavy atom. The highest BCUT2D eigenvalue weighted by molar-refractivity contribution is 14.0. The molecule has 0 aliphatic rings. The van der Waals surface area contributed by atoms with Gasteiger partial charge in [0.1, 0.15) is 0 Å². The second-order valence-electron chi connectivity index (χ2n) is 4.09. The first-order valence-corrected chi connectivity index (χ1v) is 5.20. The predicted molar refractivity (Wildman–Crippen MR) is 77.8 cm³/mol. The van der Waals surface area contributed by atoms with Crippen LogP contribution in [0.15, 0.2) is 4.99 Å². The maximum absolute atomic E-state index is 11.0. The number of carbonyl (C=O) groups excluding carboxylic acids is 1. The van der Waals surface area contributed by atoms with Crippen molar-refractivity contribution in [2.24, 2.45) is 21.9 Å². The van der Waals surface area contributed by atoms with Crippen LogP contribution < -0.4 is 11.5 Å². The van der Waals surface area contributed by atoms with E-state index in [0.717, 1.165) is 13.1 Å². The number of hydrogen-bond donors (Lipinski definition) is 2. The summed E-state index contributed by atoms with van der Waals surface area (Å²) in [5, 5.41) is 0. The fourth-order valence-electron chi connectivity index (χ4n) is 1.00. The minimum atomic E-state index is -0.641. The predicted octanol–water partition coefficient (Wildman–Crippen LogP) is 0.772. The maximum Gasteiger partial charge on any atom is 0.224 e. The Kier molecular flexibility index (Phi) is 8.59. The summed E-state index contributed by atoms with van der Waals surface area (Å²) >= 11 is 0. The highest BCUT2D eigenvalue weighted by Crippen LogP contribution is 2.14. The van der Waals surface area contributed by atoms with Gasteiger partial charge in [-0.3, -0.25) is 9.79 Å². The molecule has 0 unspecified atom stereocenters. The average Bonchev–Trinajstić information content (AvgIpc) is 2.16. The van der Waals surface area contributed by atoms with Crippen molar-refractivity contribution in [2.45, 2.75) is 27.7 Å². The van der Waals surface area contributed by atoms with Crippen molar-refractivity contribution >= 4 is 35.8 Å². The zero-order valence-corrected chi connectivity index (χ0v) is 12.8. The Bertz CT molecular complexity index is 249. The van der Waals surface area contributed by atoms with E-state index in [9.17, 15) is 4.79 Å². The van der Waals surface area contributed by atoms with Crippen molar-refractivity contribution in [1.82, 2.24) is 4.90 Å². The molecule has 0 aliphatic heterocycles. The third-order valence-corrected chi connectivity index (χ3v) is 2.39. The monoisotopic (exact) mass is 342 g/mol. The van der Waals surface area contributed by atoms with Crippen molar-refractivity contribution in [1.29, 1.82) is 0 Å². The molecule has 0 atom stereocenters. The lowest BCUT2D eigenvalue weighted by molar-refractivity contribution is -0.125. The van der Waals surface area contributed by atoms with Crippen LogP contribution in [0.3, 0.4) is 0 Å². The Labute approximate surface area is 115 Å². The van der Waals surface area contributed by atoms with Gasteiger partial charge >= 0.3 is 0 Å². The van der Waals surface area contributed by atoms with Crippen LogP contribution in [0.1, 0.15) is 27.7 Å². The number of halogens is 1. The van der Waals surface area contributed by atoms with Crippen LogP contribution in [0.25, 0.3) is 0 Å². The topological polar surface area (TPSA) is 84.7 Å². The van der Waals surface area contributed by atoms with Crippen LogP contribution in [0, 0.1) is 5.41 Å². The number of rotatable bonds is 5. The van der Waals surface area contributed by atoms with Crippen molar-refractivity contribution in [3.05, 3.63) is 0 Å². The molecule has 0 saturated heterocycles. The van der Waals surface area contributed by atoms with E-state index >= 15 is 0 Å². The van der Waals surface area contributed by atoms with Gasteiger partial charge in [-0.1, -0.05) is 0 Å². The van der Waals surface area contributed by atoms with Gasteiger partial charge in [-0.05, 0) is 27.7 Å². The van der Waals surface area contributed by atoms with Crippen molar-refractivity contribution in [3.63, 3.8) is 0 Å². The number of hydrogen-bond acceptors (Lipinski definition) is 2. The Hall–Kier alpha value is -0.530. The number of nitrogens with zero attached hydrogens (tertiary/aromatic N) is 2. The molecule has 0 rings (SSSR count). The molecule has 96 valence electrons. The van der Waals surface area contributed by atoms with E-state index in [4.69, 9.17) is 11.5 Å². The smallest absolute Gasteiger partial charge is 0.224 e. The summed E-state index contributed by atoms with van der Waals surface area (Å²) < 4.78 is 0. The molecule has 1 amide bonds.